The van der Waals surface area contributed by atoms with Crippen LogP contribution in [0.25, 0.3) is 16.3 Å². The van der Waals surface area contributed by atoms with E-state index in [9.17, 15) is 9.59 Å². The number of carbonyl (C=O) groups excluding carboxylic acids is 1. The van der Waals surface area contributed by atoms with Gasteiger partial charge in [0.2, 0.25) is 5.91 Å². The number of aromatic nitrogens is 2. The maximum Gasteiger partial charge on any atom is 0.259 e. The third kappa shape index (κ3) is 4.78. The molecule has 0 radical (unpaired) electrons. The second kappa shape index (κ2) is 8.41. The maximum absolute atomic E-state index is 12.2. The summed E-state index contributed by atoms with van der Waals surface area (Å²) >= 11 is 4.83. The van der Waals surface area contributed by atoms with Crippen LogP contribution in [0.3, 0.4) is 0 Å². The van der Waals surface area contributed by atoms with Gasteiger partial charge in [-0.2, -0.15) is 5.10 Å². The van der Waals surface area contributed by atoms with E-state index in [4.69, 9.17) is 0 Å². The Labute approximate surface area is 168 Å². The molecular weight excluding hydrogens is 428 g/mol. The standard InChI is InChI=1S/C19H17BrN4O2S/c1-11-12(2)27-19-17(11)18(26)22-15(23-19)9-16(25)24-21-10-14(20)8-13-6-4-3-5-7-13/h3-8,10H,9H2,1-2H3,(H,24,25)(H,22,23,26)/b14-8-,21-10+. The van der Waals surface area contributed by atoms with Crippen LogP contribution in [0.15, 0.2) is 44.7 Å². The topological polar surface area (TPSA) is 87.2 Å². The number of amides is 1. The van der Waals surface area contributed by atoms with E-state index in [0.29, 0.717) is 20.5 Å². The minimum Gasteiger partial charge on any atom is -0.309 e. The normalized spacial score (nSPS) is 12.0. The molecule has 1 amide bonds. The second-order valence-corrected chi connectivity index (χ2v) is 8.00. The number of hydrogen-bond acceptors (Lipinski definition) is 5. The molecule has 138 valence electrons. The number of fused-ring (bicyclic) bond motifs is 1. The summed E-state index contributed by atoms with van der Waals surface area (Å²) in [5, 5.41) is 4.50. The summed E-state index contributed by atoms with van der Waals surface area (Å²) in [5.41, 5.74) is 4.16. The number of aromatic amines is 1. The van der Waals surface area contributed by atoms with Crippen molar-refractivity contribution in [3.8, 4) is 0 Å². The molecule has 0 spiro atoms. The molecule has 0 aliphatic rings. The third-order valence-electron chi connectivity index (χ3n) is 3.90. The number of rotatable bonds is 5. The number of nitrogens with one attached hydrogen (secondary N) is 2. The highest BCUT2D eigenvalue weighted by Crippen LogP contribution is 2.25. The van der Waals surface area contributed by atoms with Crippen LogP contribution in [0, 0.1) is 13.8 Å². The zero-order valence-corrected chi connectivity index (χ0v) is 17.1. The fourth-order valence-corrected chi connectivity index (χ4v) is 3.90. The minimum atomic E-state index is -0.362. The molecule has 3 rings (SSSR count). The highest BCUT2D eigenvalue weighted by atomic mass is 79.9. The van der Waals surface area contributed by atoms with Gasteiger partial charge in [-0.1, -0.05) is 30.3 Å². The van der Waals surface area contributed by atoms with Crippen LogP contribution in [0.1, 0.15) is 21.8 Å². The van der Waals surface area contributed by atoms with Gasteiger partial charge in [-0.15, -0.1) is 11.3 Å². The number of hydrogen-bond donors (Lipinski definition) is 2. The lowest BCUT2D eigenvalue weighted by Gasteiger charge is -2.00. The van der Waals surface area contributed by atoms with Crippen molar-refractivity contribution in [2.75, 3.05) is 0 Å². The van der Waals surface area contributed by atoms with E-state index in [1.54, 1.807) is 0 Å². The van der Waals surface area contributed by atoms with Crippen LogP contribution >= 0.6 is 27.3 Å². The van der Waals surface area contributed by atoms with E-state index in [0.717, 1.165) is 16.0 Å². The molecule has 0 fully saturated rings. The molecule has 0 saturated heterocycles. The molecule has 0 atom stereocenters. The largest absolute Gasteiger partial charge is 0.309 e. The summed E-state index contributed by atoms with van der Waals surface area (Å²) < 4.78 is 0.714. The molecule has 2 heterocycles. The van der Waals surface area contributed by atoms with Crippen molar-refractivity contribution in [1.29, 1.82) is 0 Å². The maximum atomic E-state index is 12.2. The SMILES string of the molecule is Cc1sc2nc(CC(=O)N/N=C/C(Br)=C/c3ccccc3)[nH]c(=O)c2c1C. The van der Waals surface area contributed by atoms with Crippen molar-refractivity contribution in [2.24, 2.45) is 5.10 Å². The number of carbonyl (C=O) groups is 1. The van der Waals surface area contributed by atoms with Crippen molar-refractivity contribution < 1.29 is 4.79 Å². The van der Waals surface area contributed by atoms with E-state index in [1.165, 1.54) is 17.6 Å². The lowest BCUT2D eigenvalue weighted by molar-refractivity contribution is -0.120. The van der Waals surface area contributed by atoms with Crippen LogP contribution in [-0.4, -0.2) is 22.1 Å². The highest BCUT2D eigenvalue weighted by molar-refractivity contribution is 9.12. The van der Waals surface area contributed by atoms with Crippen LogP contribution in [0.2, 0.25) is 0 Å². The Bertz CT molecular complexity index is 1100. The molecule has 27 heavy (non-hydrogen) atoms. The average molecular weight is 445 g/mol. The van der Waals surface area contributed by atoms with Crippen LogP contribution < -0.4 is 11.0 Å². The summed E-state index contributed by atoms with van der Waals surface area (Å²) in [6, 6.07) is 9.73. The Morgan fingerprint density at radius 1 is 1.33 bits per heavy atom. The summed E-state index contributed by atoms with van der Waals surface area (Å²) in [6.45, 7) is 3.84. The average Bonchev–Trinajstić information content (AvgIpc) is 2.90. The van der Waals surface area contributed by atoms with Gasteiger partial charge in [0.25, 0.3) is 5.56 Å². The number of aryl methyl sites for hydroxylation is 2. The van der Waals surface area contributed by atoms with Gasteiger partial charge in [0, 0.05) is 9.36 Å². The van der Waals surface area contributed by atoms with Gasteiger partial charge in [0.15, 0.2) is 0 Å². The molecule has 0 unspecified atom stereocenters. The highest BCUT2D eigenvalue weighted by Gasteiger charge is 2.13. The zero-order valence-electron chi connectivity index (χ0n) is 14.7. The number of nitrogens with zero attached hydrogens (tertiary/aromatic N) is 2. The van der Waals surface area contributed by atoms with Gasteiger partial charge in [-0.3, -0.25) is 9.59 Å². The molecular formula is C19H17BrN4O2S. The molecule has 0 aliphatic heterocycles. The predicted molar refractivity (Wildman–Crippen MR) is 113 cm³/mol. The smallest absolute Gasteiger partial charge is 0.259 e. The van der Waals surface area contributed by atoms with Crippen molar-refractivity contribution >= 4 is 55.7 Å². The molecule has 2 aromatic heterocycles. The van der Waals surface area contributed by atoms with Gasteiger partial charge >= 0.3 is 0 Å². The summed E-state index contributed by atoms with van der Waals surface area (Å²) in [6.07, 6.45) is 3.32. The summed E-state index contributed by atoms with van der Waals surface area (Å²) in [5.74, 6) is -0.0425. The quantitative estimate of drug-likeness (QED) is 0.464. The second-order valence-electron chi connectivity index (χ2n) is 5.89. The Balaban J connectivity index is 1.65. The molecule has 0 bridgehead atoms. The lowest BCUT2D eigenvalue weighted by atomic mass is 10.2. The molecule has 1 aromatic carbocycles. The van der Waals surface area contributed by atoms with Crippen LogP contribution in [0.5, 0.6) is 0 Å². The number of hydrazone groups is 1. The van der Waals surface area contributed by atoms with E-state index >= 15 is 0 Å². The third-order valence-corrected chi connectivity index (χ3v) is 5.43. The monoisotopic (exact) mass is 444 g/mol. The molecule has 2 N–H and O–H groups in total. The summed E-state index contributed by atoms with van der Waals surface area (Å²) in [7, 11) is 0. The van der Waals surface area contributed by atoms with Gasteiger partial charge in [0.05, 0.1) is 18.0 Å². The Morgan fingerprint density at radius 3 is 2.81 bits per heavy atom. The van der Waals surface area contributed by atoms with Gasteiger partial charge in [0.1, 0.15) is 10.7 Å². The summed E-state index contributed by atoms with van der Waals surface area (Å²) in [4.78, 5) is 33.0. The first kappa shape index (κ1) is 19.2. The number of allylic oxidation sites excluding steroid dienone is 1. The van der Waals surface area contributed by atoms with Crippen molar-refractivity contribution in [3.05, 3.63) is 67.0 Å². The van der Waals surface area contributed by atoms with Gasteiger partial charge in [-0.25, -0.2) is 10.4 Å². The first-order chi connectivity index (χ1) is 12.9. The van der Waals surface area contributed by atoms with E-state index < -0.39 is 0 Å². The molecule has 3 aromatic rings. The fraction of sp³-hybridized carbons (Fsp3) is 0.158. The predicted octanol–water partition coefficient (Wildman–Crippen LogP) is 3.68. The Morgan fingerprint density at radius 2 is 2.07 bits per heavy atom. The molecule has 6 nitrogen and oxygen atoms in total. The Hall–Kier alpha value is -2.58. The fourth-order valence-electron chi connectivity index (χ4n) is 2.49. The number of benzene rings is 1. The number of thiophene rings is 1. The number of H-pyrrole nitrogens is 1. The van der Waals surface area contributed by atoms with Crippen LogP contribution in [0.4, 0.5) is 0 Å². The minimum absolute atomic E-state index is 0.0570. The zero-order chi connectivity index (χ0) is 19.4. The molecule has 0 aliphatic carbocycles. The van der Waals surface area contributed by atoms with E-state index in [-0.39, 0.29) is 17.9 Å². The van der Waals surface area contributed by atoms with Gasteiger partial charge in [-0.05, 0) is 47.0 Å². The van der Waals surface area contributed by atoms with Crippen molar-refractivity contribution in [3.63, 3.8) is 0 Å². The van der Waals surface area contributed by atoms with Crippen LogP contribution in [-0.2, 0) is 11.2 Å². The van der Waals surface area contributed by atoms with Crippen molar-refractivity contribution in [1.82, 2.24) is 15.4 Å². The first-order valence-electron chi connectivity index (χ1n) is 8.17. The van der Waals surface area contributed by atoms with Crippen molar-refractivity contribution in [2.45, 2.75) is 20.3 Å². The van der Waals surface area contributed by atoms with E-state index in [2.05, 4.69) is 36.4 Å². The number of halogens is 1. The molecule has 8 heteroatoms. The van der Waals surface area contributed by atoms with E-state index in [1.807, 2.05) is 50.3 Å². The first-order valence-corrected chi connectivity index (χ1v) is 9.78. The lowest BCUT2D eigenvalue weighted by Crippen LogP contribution is -2.23. The van der Waals surface area contributed by atoms with Gasteiger partial charge < -0.3 is 4.98 Å². The Kier molecular flexibility index (Phi) is 5.98. The molecule has 0 saturated carbocycles.